The van der Waals surface area contributed by atoms with Gasteiger partial charge in [0.2, 0.25) is 5.88 Å². The lowest BCUT2D eigenvalue weighted by Crippen LogP contribution is -2.45. The molecule has 3 rings (SSSR count). The molecule has 2 unspecified atom stereocenters. The lowest BCUT2D eigenvalue weighted by atomic mass is 9.88. The number of rotatable bonds is 11. The van der Waals surface area contributed by atoms with Crippen LogP contribution in [0.2, 0.25) is 0 Å². The van der Waals surface area contributed by atoms with Crippen molar-refractivity contribution in [3.05, 3.63) is 11.9 Å². The van der Waals surface area contributed by atoms with Crippen LogP contribution in [0.1, 0.15) is 49.4 Å². The van der Waals surface area contributed by atoms with Crippen molar-refractivity contribution in [3.63, 3.8) is 0 Å². The van der Waals surface area contributed by atoms with Gasteiger partial charge >= 0.3 is 0 Å². The van der Waals surface area contributed by atoms with Gasteiger partial charge in [0, 0.05) is 32.3 Å². The third-order valence-electron chi connectivity index (χ3n) is 6.39. The van der Waals surface area contributed by atoms with Crippen LogP contribution in [-0.2, 0) is 4.74 Å². The Morgan fingerprint density at radius 2 is 2.06 bits per heavy atom. The summed E-state index contributed by atoms with van der Waals surface area (Å²) in [7, 11) is 1.51. The molecule has 1 aromatic heterocycles. The van der Waals surface area contributed by atoms with Gasteiger partial charge in [-0.3, -0.25) is 9.69 Å². The third-order valence-corrected chi connectivity index (χ3v) is 6.39. The number of nitrogens with zero attached hydrogens (tertiary/aromatic N) is 3. The van der Waals surface area contributed by atoms with E-state index in [0.717, 1.165) is 52.1 Å². The smallest absolute Gasteiger partial charge is 0.260 e. The maximum absolute atomic E-state index is 13.3. The van der Waals surface area contributed by atoms with E-state index >= 15 is 0 Å². The SMILES string of the molecule is COc1ncnc(NCCCN2CCOCC2)c1C(=O)NC(C(C)CO)C1CCCC1. The molecule has 174 valence electrons. The second-order valence-corrected chi connectivity index (χ2v) is 8.54. The molecule has 1 saturated carbocycles. The largest absolute Gasteiger partial charge is 0.480 e. The Labute approximate surface area is 184 Å². The van der Waals surface area contributed by atoms with Gasteiger partial charge in [-0.1, -0.05) is 19.8 Å². The number of methoxy groups -OCH3 is 1. The first kappa shape index (κ1) is 23.7. The van der Waals surface area contributed by atoms with Gasteiger partial charge in [0.15, 0.2) is 0 Å². The molecule has 1 aliphatic heterocycles. The lowest BCUT2D eigenvalue weighted by molar-refractivity contribution is 0.0378. The van der Waals surface area contributed by atoms with E-state index in [-0.39, 0.29) is 30.4 Å². The number of amides is 1. The maximum atomic E-state index is 13.3. The number of aliphatic hydroxyl groups excluding tert-OH is 1. The van der Waals surface area contributed by atoms with Crippen LogP contribution >= 0.6 is 0 Å². The molecular formula is C22H37N5O4. The van der Waals surface area contributed by atoms with Gasteiger partial charge in [-0.2, -0.15) is 0 Å². The van der Waals surface area contributed by atoms with E-state index in [9.17, 15) is 9.90 Å². The van der Waals surface area contributed by atoms with Crippen molar-refractivity contribution >= 4 is 11.7 Å². The van der Waals surface area contributed by atoms with E-state index < -0.39 is 0 Å². The van der Waals surface area contributed by atoms with Gasteiger partial charge in [-0.05, 0) is 37.6 Å². The summed E-state index contributed by atoms with van der Waals surface area (Å²) in [5, 5.41) is 16.2. The summed E-state index contributed by atoms with van der Waals surface area (Å²) >= 11 is 0. The number of hydrogen-bond acceptors (Lipinski definition) is 8. The van der Waals surface area contributed by atoms with Crippen LogP contribution in [-0.4, -0.2) is 85.0 Å². The summed E-state index contributed by atoms with van der Waals surface area (Å²) in [4.78, 5) is 24.1. The number of nitrogens with one attached hydrogen (secondary N) is 2. The number of carbonyl (C=O) groups is 1. The molecule has 9 heteroatoms. The molecule has 0 radical (unpaired) electrons. The Morgan fingerprint density at radius 3 is 2.74 bits per heavy atom. The Balaban J connectivity index is 1.65. The van der Waals surface area contributed by atoms with Crippen LogP contribution in [0.4, 0.5) is 5.82 Å². The first-order chi connectivity index (χ1) is 15.1. The molecule has 1 amide bonds. The predicted molar refractivity (Wildman–Crippen MR) is 118 cm³/mol. The van der Waals surface area contributed by atoms with Crippen molar-refractivity contribution in [3.8, 4) is 5.88 Å². The zero-order valence-electron chi connectivity index (χ0n) is 18.8. The lowest BCUT2D eigenvalue weighted by Gasteiger charge is -2.29. The number of ether oxygens (including phenoxy) is 2. The van der Waals surface area contributed by atoms with Crippen molar-refractivity contribution in [1.29, 1.82) is 0 Å². The highest BCUT2D eigenvalue weighted by atomic mass is 16.5. The molecule has 31 heavy (non-hydrogen) atoms. The fourth-order valence-electron chi connectivity index (χ4n) is 4.58. The Hall–Kier alpha value is -1.97. The first-order valence-electron chi connectivity index (χ1n) is 11.5. The molecule has 0 bridgehead atoms. The average molecular weight is 436 g/mol. The fraction of sp³-hybridized carbons (Fsp3) is 0.773. The second kappa shape index (κ2) is 12.2. The van der Waals surface area contributed by atoms with Crippen molar-refractivity contribution in [2.45, 2.75) is 45.1 Å². The number of morpholine rings is 1. The number of hydrogen-bond donors (Lipinski definition) is 3. The van der Waals surface area contributed by atoms with E-state index in [2.05, 4.69) is 25.5 Å². The predicted octanol–water partition coefficient (Wildman–Crippen LogP) is 1.54. The number of carbonyl (C=O) groups excluding carboxylic acids is 1. The van der Waals surface area contributed by atoms with Gasteiger partial charge in [-0.15, -0.1) is 0 Å². The molecule has 0 aromatic carbocycles. The van der Waals surface area contributed by atoms with E-state index in [1.54, 1.807) is 0 Å². The standard InChI is InChI=1S/C22H37N5O4/c1-16(14-28)19(17-6-3-4-7-17)26-21(29)18-20(24-15-25-22(18)30-2)23-8-5-9-27-10-12-31-13-11-27/h15-17,19,28H,3-14H2,1-2H3,(H,26,29)(H,23,24,25). The first-order valence-corrected chi connectivity index (χ1v) is 11.5. The molecule has 1 aromatic rings. The van der Waals surface area contributed by atoms with E-state index in [1.165, 1.54) is 26.3 Å². The van der Waals surface area contributed by atoms with Crippen molar-refractivity contribution in [2.75, 3.05) is 58.4 Å². The molecule has 1 aliphatic carbocycles. The minimum Gasteiger partial charge on any atom is -0.480 e. The van der Waals surface area contributed by atoms with E-state index in [4.69, 9.17) is 9.47 Å². The molecule has 1 saturated heterocycles. The maximum Gasteiger partial charge on any atom is 0.260 e. The normalized spacial score (nSPS) is 19.7. The van der Waals surface area contributed by atoms with Gasteiger partial charge in [-0.25, -0.2) is 9.97 Å². The molecule has 2 fully saturated rings. The summed E-state index contributed by atoms with van der Waals surface area (Å²) < 4.78 is 10.8. The fourth-order valence-corrected chi connectivity index (χ4v) is 4.58. The van der Waals surface area contributed by atoms with Crippen LogP contribution in [0.5, 0.6) is 5.88 Å². The van der Waals surface area contributed by atoms with Gasteiger partial charge in [0.05, 0.1) is 20.3 Å². The highest BCUT2D eigenvalue weighted by Crippen LogP contribution is 2.31. The zero-order chi connectivity index (χ0) is 22.1. The highest BCUT2D eigenvalue weighted by molar-refractivity contribution is 6.01. The quantitative estimate of drug-likeness (QED) is 0.449. The number of aromatic nitrogens is 2. The van der Waals surface area contributed by atoms with Gasteiger partial charge < -0.3 is 25.2 Å². The monoisotopic (exact) mass is 435 g/mol. The van der Waals surface area contributed by atoms with Gasteiger partial charge in [0.1, 0.15) is 17.7 Å². The molecule has 3 N–H and O–H groups in total. The zero-order valence-corrected chi connectivity index (χ0v) is 18.8. The molecule has 2 aliphatic rings. The Morgan fingerprint density at radius 1 is 1.32 bits per heavy atom. The number of anilines is 1. The summed E-state index contributed by atoms with van der Waals surface area (Å²) in [5.74, 6) is 0.836. The Bertz CT molecular complexity index is 692. The minimum absolute atomic E-state index is 0.0207. The molecule has 0 spiro atoms. The van der Waals surface area contributed by atoms with Crippen molar-refractivity contribution in [1.82, 2.24) is 20.2 Å². The number of aliphatic hydroxyl groups is 1. The third kappa shape index (κ3) is 6.51. The summed E-state index contributed by atoms with van der Waals surface area (Å²) in [6.07, 6.45) is 6.82. The van der Waals surface area contributed by atoms with E-state index in [0.29, 0.717) is 23.8 Å². The van der Waals surface area contributed by atoms with Crippen LogP contribution < -0.4 is 15.4 Å². The minimum atomic E-state index is -0.259. The van der Waals surface area contributed by atoms with E-state index in [1.807, 2.05) is 6.92 Å². The average Bonchev–Trinajstić information content (AvgIpc) is 3.34. The van der Waals surface area contributed by atoms with Crippen LogP contribution in [0.15, 0.2) is 6.33 Å². The molecule has 9 nitrogen and oxygen atoms in total. The summed E-state index contributed by atoms with van der Waals surface area (Å²) in [6, 6.07) is -0.0842. The summed E-state index contributed by atoms with van der Waals surface area (Å²) in [6.45, 7) is 7.17. The molecule has 2 atom stereocenters. The van der Waals surface area contributed by atoms with Crippen molar-refractivity contribution in [2.24, 2.45) is 11.8 Å². The highest BCUT2D eigenvalue weighted by Gasteiger charge is 2.32. The van der Waals surface area contributed by atoms with Crippen LogP contribution in [0, 0.1) is 11.8 Å². The molecular weight excluding hydrogens is 398 g/mol. The summed E-state index contributed by atoms with van der Waals surface area (Å²) in [5.41, 5.74) is 0.324. The Kier molecular flexibility index (Phi) is 9.30. The van der Waals surface area contributed by atoms with Crippen molar-refractivity contribution < 1.29 is 19.4 Å². The topological polar surface area (TPSA) is 109 Å². The van der Waals surface area contributed by atoms with Crippen LogP contribution in [0.3, 0.4) is 0 Å². The molecule has 2 heterocycles. The van der Waals surface area contributed by atoms with Gasteiger partial charge in [0.25, 0.3) is 5.91 Å². The van der Waals surface area contributed by atoms with Crippen LogP contribution in [0.25, 0.3) is 0 Å². The second-order valence-electron chi connectivity index (χ2n) is 8.54.